The lowest BCUT2D eigenvalue weighted by atomic mass is 9.99. The fourth-order valence-electron chi connectivity index (χ4n) is 2.67. The zero-order valence-electron chi connectivity index (χ0n) is 14.1. The molecule has 0 atom stereocenters. The minimum atomic E-state index is -0.221. The van der Waals surface area contributed by atoms with Crippen LogP contribution in [0.4, 0.5) is 0 Å². The molecule has 0 spiro atoms. The van der Waals surface area contributed by atoms with Crippen LogP contribution in [0.2, 0.25) is 0 Å². The molecule has 1 amide bonds. The maximum atomic E-state index is 12.2. The third kappa shape index (κ3) is 4.10. The molecule has 0 saturated carbocycles. The van der Waals surface area contributed by atoms with Crippen molar-refractivity contribution in [2.45, 2.75) is 6.04 Å². The predicted octanol–water partition coefficient (Wildman–Crippen LogP) is 1.86. The van der Waals surface area contributed by atoms with Crippen molar-refractivity contribution in [2.24, 2.45) is 0 Å². The minimum absolute atomic E-state index is 0.131. The van der Waals surface area contributed by atoms with Crippen molar-refractivity contribution in [1.29, 1.82) is 0 Å². The third-order valence-electron chi connectivity index (χ3n) is 3.90. The molecule has 0 fully saturated rings. The lowest BCUT2D eigenvalue weighted by molar-refractivity contribution is 0.0949. The molecule has 0 unspecified atom stereocenters. The fourth-order valence-corrected chi connectivity index (χ4v) is 2.67. The van der Waals surface area contributed by atoms with E-state index in [1.165, 1.54) is 0 Å². The van der Waals surface area contributed by atoms with Crippen molar-refractivity contribution in [2.75, 3.05) is 20.1 Å². The molecule has 0 saturated heterocycles. The van der Waals surface area contributed by atoms with Gasteiger partial charge in [-0.05, 0) is 18.2 Å². The summed E-state index contributed by atoms with van der Waals surface area (Å²) in [6.45, 7) is 1.25. The maximum Gasteiger partial charge on any atom is 0.273 e. The van der Waals surface area contributed by atoms with Gasteiger partial charge in [-0.25, -0.2) is 4.68 Å². The van der Waals surface area contributed by atoms with Crippen LogP contribution in [0.5, 0.6) is 0 Å². The Morgan fingerprint density at radius 1 is 1.00 bits per heavy atom. The molecular weight excluding hydrogens is 314 g/mol. The number of aromatic nitrogens is 3. The molecular formula is C19H21N5O. The van der Waals surface area contributed by atoms with Gasteiger partial charge in [0, 0.05) is 13.1 Å². The van der Waals surface area contributed by atoms with Crippen LogP contribution in [0.25, 0.3) is 0 Å². The van der Waals surface area contributed by atoms with Gasteiger partial charge in [-0.15, -0.1) is 5.10 Å². The highest BCUT2D eigenvalue weighted by Crippen LogP contribution is 2.25. The van der Waals surface area contributed by atoms with Gasteiger partial charge in [0.2, 0.25) is 0 Å². The number of carbonyl (C=O) groups excluding carboxylic acids is 1. The molecule has 0 aliphatic heterocycles. The van der Waals surface area contributed by atoms with Crippen LogP contribution in [0.1, 0.15) is 27.7 Å². The van der Waals surface area contributed by atoms with Crippen molar-refractivity contribution in [3.8, 4) is 0 Å². The second-order valence-electron chi connectivity index (χ2n) is 5.67. The molecule has 1 heterocycles. The Kier molecular flexibility index (Phi) is 5.53. The number of nitrogens with one attached hydrogen (secondary N) is 2. The molecule has 128 valence electrons. The van der Waals surface area contributed by atoms with Crippen molar-refractivity contribution in [1.82, 2.24) is 25.6 Å². The zero-order valence-corrected chi connectivity index (χ0v) is 14.1. The van der Waals surface area contributed by atoms with Crippen molar-refractivity contribution in [3.63, 3.8) is 0 Å². The molecule has 2 N–H and O–H groups in total. The number of nitrogens with zero attached hydrogens (tertiary/aromatic N) is 3. The molecule has 25 heavy (non-hydrogen) atoms. The highest BCUT2D eigenvalue weighted by molar-refractivity contribution is 5.91. The summed E-state index contributed by atoms with van der Waals surface area (Å²) in [7, 11) is 1.84. The van der Waals surface area contributed by atoms with E-state index < -0.39 is 0 Å². The summed E-state index contributed by atoms with van der Waals surface area (Å²) in [6.07, 6.45) is 1.69. The summed E-state index contributed by atoms with van der Waals surface area (Å²) in [6, 6.07) is 20.0. The molecule has 2 aromatic carbocycles. The van der Waals surface area contributed by atoms with Crippen LogP contribution in [0.3, 0.4) is 0 Å². The van der Waals surface area contributed by atoms with Gasteiger partial charge < -0.3 is 10.6 Å². The summed E-state index contributed by atoms with van der Waals surface area (Å²) >= 11 is 0. The molecule has 3 rings (SSSR count). The van der Waals surface area contributed by atoms with E-state index in [0.29, 0.717) is 18.8 Å². The van der Waals surface area contributed by atoms with Crippen LogP contribution in [-0.2, 0) is 0 Å². The molecule has 1 aromatic heterocycles. The van der Waals surface area contributed by atoms with E-state index >= 15 is 0 Å². The summed E-state index contributed by atoms with van der Waals surface area (Å²) in [5.41, 5.74) is 2.48. The largest absolute Gasteiger partial charge is 0.349 e. The molecule has 6 heteroatoms. The van der Waals surface area contributed by atoms with E-state index in [2.05, 4.69) is 20.9 Å². The van der Waals surface area contributed by atoms with E-state index in [4.69, 9.17) is 0 Å². The van der Waals surface area contributed by atoms with Crippen LogP contribution in [-0.4, -0.2) is 41.0 Å². The Morgan fingerprint density at radius 3 is 2.16 bits per heavy atom. The van der Waals surface area contributed by atoms with E-state index in [1.54, 1.807) is 10.9 Å². The highest BCUT2D eigenvalue weighted by Gasteiger charge is 2.19. The Hall–Kier alpha value is -2.99. The molecule has 6 nitrogen and oxygen atoms in total. The lowest BCUT2D eigenvalue weighted by Crippen LogP contribution is -2.30. The number of hydrogen-bond acceptors (Lipinski definition) is 4. The van der Waals surface area contributed by atoms with Crippen LogP contribution in [0.15, 0.2) is 66.9 Å². The monoisotopic (exact) mass is 335 g/mol. The molecule has 3 aromatic rings. The van der Waals surface area contributed by atoms with E-state index in [0.717, 1.165) is 11.1 Å². The van der Waals surface area contributed by atoms with Gasteiger partial charge in [0.15, 0.2) is 5.69 Å². The molecule has 0 aliphatic carbocycles. The standard InChI is InChI=1S/C19H21N5O/c1-20-12-13-21-19(25)17-14-24(23-22-17)18(15-8-4-2-5-9-15)16-10-6-3-7-11-16/h2-11,14,18,20H,12-13H2,1H3,(H,21,25). The maximum absolute atomic E-state index is 12.2. The number of rotatable bonds is 7. The normalized spacial score (nSPS) is 10.8. The number of amides is 1. The fraction of sp³-hybridized carbons (Fsp3) is 0.211. The van der Waals surface area contributed by atoms with Crippen LogP contribution >= 0.6 is 0 Å². The number of benzene rings is 2. The zero-order chi connectivity index (χ0) is 17.5. The molecule has 0 radical (unpaired) electrons. The van der Waals surface area contributed by atoms with E-state index in [9.17, 15) is 4.79 Å². The minimum Gasteiger partial charge on any atom is -0.349 e. The predicted molar refractivity (Wildman–Crippen MR) is 96.4 cm³/mol. The second kappa shape index (κ2) is 8.21. The number of carbonyl (C=O) groups is 1. The van der Waals surface area contributed by atoms with Crippen LogP contribution < -0.4 is 10.6 Å². The first-order chi connectivity index (χ1) is 12.3. The third-order valence-corrected chi connectivity index (χ3v) is 3.90. The van der Waals surface area contributed by atoms with Gasteiger partial charge in [0.1, 0.15) is 6.04 Å². The first-order valence-corrected chi connectivity index (χ1v) is 8.24. The average molecular weight is 335 g/mol. The topological polar surface area (TPSA) is 71.8 Å². The Bertz CT molecular complexity index is 761. The summed E-state index contributed by atoms with van der Waals surface area (Å²) in [5.74, 6) is -0.221. The van der Waals surface area contributed by atoms with Crippen molar-refractivity contribution < 1.29 is 4.79 Å². The lowest BCUT2D eigenvalue weighted by Gasteiger charge is -2.17. The highest BCUT2D eigenvalue weighted by atomic mass is 16.2. The Morgan fingerprint density at radius 2 is 1.60 bits per heavy atom. The second-order valence-corrected chi connectivity index (χ2v) is 5.67. The van der Waals surface area contributed by atoms with Crippen molar-refractivity contribution in [3.05, 3.63) is 83.7 Å². The SMILES string of the molecule is CNCCNC(=O)c1cn(C(c2ccccc2)c2ccccc2)nn1. The first-order valence-electron chi connectivity index (χ1n) is 8.24. The molecule has 0 aliphatic rings. The van der Waals surface area contributed by atoms with Crippen LogP contribution in [0, 0.1) is 0 Å². The van der Waals surface area contributed by atoms with Gasteiger partial charge >= 0.3 is 0 Å². The van der Waals surface area contributed by atoms with Gasteiger partial charge in [-0.3, -0.25) is 4.79 Å². The van der Waals surface area contributed by atoms with Gasteiger partial charge in [0.25, 0.3) is 5.91 Å². The first kappa shape index (κ1) is 16.9. The Balaban J connectivity index is 1.89. The summed E-state index contributed by atoms with van der Waals surface area (Å²) in [4.78, 5) is 12.2. The van der Waals surface area contributed by atoms with Gasteiger partial charge in [-0.2, -0.15) is 0 Å². The quantitative estimate of drug-likeness (QED) is 0.647. The average Bonchev–Trinajstić information content (AvgIpc) is 3.14. The number of likely N-dealkylation sites (N-methyl/N-ethyl adjacent to an activating group) is 1. The van der Waals surface area contributed by atoms with Crippen molar-refractivity contribution >= 4 is 5.91 Å². The van der Waals surface area contributed by atoms with Gasteiger partial charge in [0.05, 0.1) is 6.20 Å². The smallest absolute Gasteiger partial charge is 0.273 e. The summed E-state index contributed by atoms with van der Waals surface area (Å²) < 4.78 is 1.73. The summed E-state index contributed by atoms with van der Waals surface area (Å²) in [5, 5.41) is 14.1. The van der Waals surface area contributed by atoms with Gasteiger partial charge in [-0.1, -0.05) is 65.9 Å². The molecule has 0 bridgehead atoms. The Labute approximate surface area is 146 Å². The van der Waals surface area contributed by atoms with E-state index in [1.807, 2.05) is 67.7 Å². The van der Waals surface area contributed by atoms with E-state index in [-0.39, 0.29) is 11.9 Å². The number of hydrogen-bond donors (Lipinski definition) is 2.